The maximum Gasteiger partial charge on any atom is 0.408 e. The fourth-order valence-electron chi connectivity index (χ4n) is 1.45. The van der Waals surface area contributed by atoms with Crippen LogP contribution >= 0.6 is 0 Å². The number of hydrogen-bond donors (Lipinski definition) is 1. The number of carbonyl (C=O) groups excluding carboxylic acids is 1. The van der Waals surface area contributed by atoms with Gasteiger partial charge in [-0.2, -0.15) is 0 Å². The summed E-state index contributed by atoms with van der Waals surface area (Å²) in [5, 5.41) is 2.65. The molecule has 0 radical (unpaired) electrons. The van der Waals surface area contributed by atoms with Crippen LogP contribution in [-0.4, -0.2) is 30.9 Å². The Hall–Kier alpha value is -1.21. The highest BCUT2D eigenvalue weighted by atomic mass is 16.6. The first-order chi connectivity index (χ1) is 5.81. The van der Waals surface area contributed by atoms with Crippen molar-refractivity contribution in [3.63, 3.8) is 0 Å². The Morgan fingerprint density at radius 1 is 1.67 bits per heavy atom. The summed E-state index contributed by atoms with van der Waals surface area (Å²) in [7, 11) is 0. The molecule has 0 saturated carbocycles. The van der Waals surface area contributed by atoms with Crippen LogP contribution in [0.1, 0.15) is 6.92 Å². The van der Waals surface area contributed by atoms with E-state index in [-0.39, 0.29) is 24.3 Å². The topological polar surface area (TPSA) is 47.6 Å². The number of hydrogen-bond acceptors (Lipinski definition) is 3. The molecule has 3 atom stereocenters. The minimum absolute atomic E-state index is 0.0108. The summed E-state index contributed by atoms with van der Waals surface area (Å²) >= 11 is 0. The molecule has 12 heavy (non-hydrogen) atoms. The summed E-state index contributed by atoms with van der Waals surface area (Å²) in [6, 6.07) is -0.0108. The van der Waals surface area contributed by atoms with Crippen molar-refractivity contribution < 1.29 is 14.3 Å². The molecule has 2 aliphatic rings. The summed E-state index contributed by atoms with van der Waals surface area (Å²) in [5.41, 5.74) is 0. The average Bonchev–Trinajstić information content (AvgIpc) is 2.52. The second-order valence-corrected chi connectivity index (χ2v) is 2.77. The fourth-order valence-corrected chi connectivity index (χ4v) is 1.45. The van der Waals surface area contributed by atoms with Gasteiger partial charge in [-0.25, -0.2) is 4.79 Å². The molecule has 1 N–H and O–H groups in total. The maximum atomic E-state index is 10.8. The fraction of sp³-hybridized carbons (Fsp3) is 0.625. The molecule has 1 amide bonds. The van der Waals surface area contributed by atoms with Crippen LogP contribution in [0.25, 0.3) is 0 Å². The van der Waals surface area contributed by atoms with Crippen LogP contribution in [0.4, 0.5) is 4.79 Å². The van der Waals surface area contributed by atoms with Gasteiger partial charge in [-0.05, 0) is 6.92 Å². The highest BCUT2D eigenvalue weighted by Gasteiger charge is 2.45. The van der Waals surface area contributed by atoms with E-state index < -0.39 is 0 Å². The van der Waals surface area contributed by atoms with Gasteiger partial charge in [0, 0.05) is 0 Å². The maximum absolute atomic E-state index is 10.8. The molecule has 0 aromatic heterocycles. The Morgan fingerprint density at radius 2 is 2.50 bits per heavy atom. The predicted octanol–water partition coefficient (Wildman–Crippen LogP) is -0.114. The number of fused-ring (bicyclic) bond motifs is 1. The standard InChI is InChI=1S/C8H9NO3/c1-2-3-6-7-5(4-11-6)9-8(10)12-7/h5-7H,4H2,1H3,(H,9,10)/t5-,6-,7-/m0/s1. The van der Waals surface area contributed by atoms with E-state index in [1.54, 1.807) is 6.92 Å². The molecule has 0 bridgehead atoms. The quantitative estimate of drug-likeness (QED) is 0.512. The SMILES string of the molecule is CC#C[C@@H]1OC[C@@H]2NC(=O)O[C@@H]21. The number of rotatable bonds is 0. The molecule has 4 nitrogen and oxygen atoms in total. The first-order valence-electron chi connectivity index (χ1n) is 3.82. The number of amides is 1. The van der Waals surface area contributed by atoms with Gasteiger partial charge in [0.25, 0.3) is 0 Å². The van der Waals surface area contributed by atoms with Crippen LogP contribution in [0, 0.1) is 11.8 Å². The molecule has 0 spiro atoms. The van der Waals surface area contributed by atoms with Gasteiger partial charge < -0.3 is 14.8 Å². The molecule has 2 fully saturated rings. The predicted molar refractivity (Wildman–Crippen MR) is 40.4 cm³/mol. The van der Waals surface area contributed by atoms with Crippen molar-refractivity contribution in [1.82, 2.24) is 5.32 Å². The number of carbonyl (C=O) groups is 1. The third-order valence-electron chi connectivity index (χ3n) is 1.98. The molecule has 2 rings (SSSR count). The van der Waals surface area contributed by atoms with Gasteiger partial charge in [-0.1, -0.05) is 5.92 Å². The molecule has 0 unspecified atom stereocenters. The summed E-state index contributed by atoms with van der Waals surface area (Å²) < 4.78 is 10.3. The van der Waals surface area contributed by atoms with E-state index in [2.05, 4.69) is 17.2 Å². The normalized spacial score (nSPS) is 37.8. The lowest BCUT2D eigenvalue weighted by molar-refractivity contribution is 0.0672. The first-order valence-corrected chi connectivity index (χ1v) is 3.82. The zero-order valence-corrected chi connectivity index (χ0v) is 6.66. The molecule has 4 heteroatoms. The lowest BCUT2D eigenvalue weighted by atomic mass is 10.1. The van der Waals surface area contributed by atoms with Gasteiger partial charge >= 0.3 is 6.09 Å². The third kappa shape index (κ3) is 1.03. The molecule has 2 saturated heterocycles. The minimum Gasteiger partial charge on any atom is -0.440 e. The Balaban J connectivity index is 2.11. The van der Waals surface area contributed by atoms with Crippen LogP contribution in [0.3, 0.4) is 0 Å². The van der Waals surface area contributed by atoms with Crippen molar-refractivity contribution in [3.8, 4) is 11.8 Å². The first kappa shape index (κ1) is 7.44. The number of ether oxygens (including phenoxy) is 2. The monoisotopic (exact) mass is 167 g/mol. The molecule has 0 aromatic rings. The van der Waals surface area contributed by atoms with Crippen LogP contribution < -0.4 is 5.32 Å². The Labute approximate surface area is 70.2 Å². The van der Waals surface area contributed by atoms with Crippen LogP contribution in [0.2, 0.25) is 0 Å². The Kier molecular flexibility index (Phi) is 1.66. The second-order valence-electron chi connectivity index (χ2n) is 2.77. The van der Waals surface area contributed by atoms with Crippen molar-refractivity contribution in [2.75, 3.05) is 6.61 Å². The smallest absolute Gasteiger partial charge is 0.408 e. The molecular formula is C8H9NO3. The lowest BCUT2D eigenvalue weighted by Gasteiger charge is -2.07. The number of nitrogens with one attached hydrogen (secondary N) is 1. The van der Waals surface area contributed by atoms with Crippen molar-refractivity contribution in [2.45, 2.75) is 25.2 Å². The average molecular weight is 167 g/mol. The molecular weight excluding hydrogens is 158 g/mol. The van der Waals surface area contributed by atoms with Crippen LogP contribution in [-0.2, 0) is 9.47 Å². The second kappa shape index (κ2) is 2.68. The largest absolute Gasteiger partial charge is 0.440 e. The molecule has 0 aromatic carbocycles. The summed E-state index contributed by atoms with van der Waals surface area (Å²) in [4.78, 5) is 10.8. The minimum atomic E-state index is -0.365. The van der Waals surface area contributed by atoms with Crippen LogP contribution in [0.5, 0.6) is 0 Å². The molecule has 0 aliphatic carbocycles. The summed E-state index contributed by atoms with van der Waals surface area (Å²) in [6.45, 7) is 2.23. The molecule has 64 valence electrons. The highest BCUT2D eigenvalue weighted by Crippen LogP contribution is 2.21. The van der Waals surface area contributed by atoms with E-state index in [1.807, 2.05) is 0 Å². The van der Waals surface area contributed by atoms with Crippen LogP contribution in [0.15, 0.2) is 0 Å². The van der Waals surface area contributed by atoms with E-state index in [9.17, 15) is 4.79 Å². The van der Waals surface area contributed by atoms with Gasteiger partial charge in [0.2, 0.25) is 0 Å². The van der Waals surface area contributed by atoms with Gasteiger partial charge in [0.05, 0.1) is 12.6 Å². The zero-order chi connectivity index (χ0) is 8.55. The lowest BCUT2D eigenvalue weighted by Crippen LogP contribution is -2.31. The van der Waals surface area contributed by atoms with Crippen molar-refractivity contribution >= 4 is 6.09 Å². The summed E-state index contributed by atoms with van der Waals surface area (Å²) in [5.74, 6) is 5.59. The van der Waals surface area contributed by atoms with E-state index >= 15 is 0 Å². The third-order valence-corrected chi connectivity index (χ3v) is 1.98. The molecule has 2 heterocycles. The van der Waals surface area contributed by atoms with E-state index in [0.717, 1.165) is 0 Å². The van der Waals surface area contributed by atoms with E-state index in [1.165, 1.54) is 0 Å². The van der Waals surface area contributed by atoms with Gasteiger partial charge in [-0.3, -0.25) is 0 Å². The van der Waals surface area contributed by atoms with Gasteiger partial charge in [-0.15, -0.1) is 5.92 Å². The summed E-state index contributed by atoms with van der Waals surface area (Å²) in [6.07, 6.45) is -0.833. The highest BCUT2D eigenvalue weighted by molar-refractivity contribution is 5.70. The zero-order valence-electron chi connectivity index (χ0n) is 6.66. The Bertz CT molecular complexity index is 265. The van der Waals surface area contributed by atoms with Crippen molar-refractivity contribution in [2.24, 2.45) is 0 Å². The Morgan fingerprint density at radius 3 is 3.25 bits per heavy atom. The number of alkyl carbamates (subject to hydrolysis) is 1. The van der Waals surface area contributed by atoms with Gasteiger partial charge in [0.15, 0.2) is 12.2 Å². The van der Waals surface area contributed by atoms with Crippen molar-refractivity contribution in [1.29, 1.82) is 0 Å². The van der Waals surface area contributed by atoms with E-state index in [4.69, 9.17) is 9.47 Å². The van der Waals surface area contributed by atoms with Crippen molar-refractivity contribution in [3.05, 3.63) is 0 Å². The molecule has 2 aliphatic heterocycles. The van der Waals surface area contributed by atoms with Gasteiger partial charge in [0.1, 0.15) is 0 Å². The van der Waals surface area contributed by atoms with E-state index in [0.29, 0.717) is 6.61 Å².